The van der Waals surface area contributed by atoms with Crippen molar-refractivity contribution in [2.45, 2.75) is 19.4 Å². The Morgan fingerprint density at radius 1 is 1.52 bits per heavy atom. The molecule has 1 aliphatic rings. The smallest absolute Gasteiger partial charge is 0.289 e. The summed E-state index contributed by atoms with van der Waals surface area (Å²) in [6, 6.07) is 3.49. The van der Waals surface area contributed by atoms with Gasteiger partial charge >= 0.3 is 0 Å². The highest BCUT2D eigenvalue weighted by Crippen LogP contribution is 2.27. The van der Waals surface area contributed by atoms with Crippen molar-refractivity contribution in [3.05, 3.63) is 35.0 Å². The number of fused-ring (bicyclic) bond motifs is 1. The van der Waals surface area contributed by atoms with Gasteiger partial charge in [0.15, 0.2) is 5.76 Å². The number of nitrogens with zero attached hydrogens (tertiary/aromatic N) is 4. The first kappa shape index (κ1) is 13.8. The number of carbonyl (C=O) groups is 1. The van der Waals surface area contributed by atoms with Crippen LogP contribution in [0.15, 0.2) is 16.5 Å². The molecule has 7 heteroatoms. The minimum absolute atomic E-state index is 0.0683. The molecule has 0 N–H and O–H groups in total. The van der Waals surface area contributed by atoms with Crippen LogP contribution in [0.4, 0.5) is 0 Å². The minimum atomic E-state index is -0.125. The second kappa shape index (κ2) is 5.33. The summed E-state index contributed by atoms with van der Waals surface area (Å²) < 4.78 is 12.5. The number of ether oxygens (including phenoxy) is 1. The van der Waals surface area contributed by atoms with Crippen LogP contribution in [0.25, 0.3) is 0 Å². The lowest BCUT2D eigenvalue weighted by atomic mass is 9.99. The average Bonchev–Trinajstić information content (AvgIpc) is 3.05. The molecule has 7 nitrogen and oxygen atoms in total. The predicted octanol–water partition coefficient (Wildman–Crippen LogP) is 1.10. The lowest BCUT2D eigenvalue weighted by Crippen LogP contribution is -2.40. The maximum atomic E-state index is 12.5. The van der Waals surface area contributed by atoms with E-state index in [0.29, 0.717) is 25.5 Å². The molecule has 0 unspecified atom stereocenters. The van der Waals surface area contributed by atoms with E-state index in [0.717, 1.165) is 17.1 Å². The largest absolute Gasteiger partial charge is 0.456 e. The van der Waals surface area contributed by atoms with Gasteiger partial charge in [-0.05, 0) is 19.1 Å². The van der Waals surface area contributed by atoms with E-state index in [1.807, 2.05) is 14.0 Å². The van der Waals surface area contributed by atoms with E-state index in [4.69, 9.17) is 9.15 Å². The van der Waals surface area contributed by atoms with Crippen LogP contribution in [0.3, 0.4) is 0 Å². The molecule has 0 saturated carbocycles. The molecule has 0 bridgehead atoms. The highest BCUT2D eigenvalue weighted by Gasteiger charge is 2.33. The van der Waals surface area contributed by atoms with Gasteiger partial charge in [-0.15, -0.1) is 5.10 Å². The fraction of sp³-hybridized carbons (Fsp3) is 0.500. The number of carbonyl (C=O) groups excluding carboxylic acids is 1. The Balaban J connectivity index is 1.87. The molecule has 2 aromatic rings. The maximum absolute atomic E-state index is 12.5. The monoisotopic (exact) mass is 290 g/mol. The summed E-state index contributed by atoms with van der Waals surface area (Å²) >= 11 is 0. The fourth-order valence-electron chi connectivity index (χ4n) is 2.81. The molecule has 0 saturated heterocycles. The average molecular weight is 290 g/mol. The summed E-state index contributed by atoms with van der Waals surface area (Å²) in [5, 5.41) is 8.20. The number of hydrogen-bond acceptors (Lipinski definition) is 5. The zero-order chi connectivity index (χ0) is 15.0. The van der Waals surface area contributed by atoms with Gasteiger partial charge in [0, 0.05) is 26.6 Å². The maximum Gasteiger partial charge on any atom is 0.289 e. The minimum Gasteiger partial charge on any atom is -0.456 e. The molecule has 1 aliphatic heterocycles. The van der Waals surface area contributed by atoms with Crippen molar-refractivity contribution in [1.82, 2.24) is 19.9 Å². The number of aryl methyl sites for hydroxylation is 2. The Hall–Kier alpha value is -2.15. The van der Waals surface area contributed by atoms with Crippen molar-refractivity contribution in [3.63, 3.8) is 0 Å². The molecule has 21 heavy (non-hydrogen) atoms. The Morgan fingerprint density at radius 3 is 3.00 bits per heavy atom. The molecular formula is C14H18N4O3. The summed E-state index contributed by atoms with van der Waals surface area (Å²) in [5.41, 5.74) is 1.86. The number of methoxy groups -OCH3 is 1. The third-order valence-corrected chi connectivity index (χ3v) is 3.72. The van der Waals surface area contributed by atoms with Crippen LogP contribution in [0, 0.1) is 6.92 Å². The lowest BCUT2D eigenvalue weighted by molar-refractivity contribution is 0.0640. The second-order valence-corrected chi connectivity index (χ2v) is 5.29. The van der Waals surface area contributed by atoms with E-state index in [1.165, 1.54) is 0 Å². The number of furan rings is 1. The third-order valence-electron chi connectivity index (χ3n) is 3.72. The van der Waals surface area contributed by atoms with Gasteiger partial charge in [0.05, 0.1) is 18.8 Å². The van der Waals surface area contributed by atoms with E-state index in [9.17, 15) is 4.79 Å². The van der Waals surface area contributed by atoms with E-state index in [-0.39, 0.29) is 11.8 Å². The molecule has 0 spiro atoms. The van der Waals surface area contributed by atoms with Gasteiger partial charge in [0.1, 0.15) is 11.5 Å². The van der Waals surface area contributed by atoms with Crippen LogP contribution in [0.2, 0.25) is 0 Å². The topological polar surface area (TPSA) is 73.4 Å². The first-order valence-corrected chi connectivity index (χ1v) is 6.83. The van der Waals surface area contributed by atoms with Crippen molar-refractivity contribution in [3.8, 4) is 0 Å². The zero-order valence-electron chi connectivity index (χ0n) is 12.4. The van der Waals surface area contributed by atoms with Crippen LogP contribution in [0.5, 0.6) is 0 Å². The summed E-state index contributed by atoms with van der Waals surface area (Å²) in [5.74, 6) is 1.03. The lowest BCUT2D eigenvalue weighted by Gasteiger charge is -2.31. The number of rotatable bonds is 3. The van der Waals surface area contributed by atoms with E-state index in [2.05, 4.69) is 10.3 Å². The van der Waals surface area contributed by atoms with Gasteiger partial charge in [0.2, 0.25) is 0 Å². The molecular weight excluding hydrogens is 272 g/mol. The van der Waals surface area contributed by atoms with Crippen LogP contribution >= 0.6 is 0 Å². The number of amides is 1. The van der Waals surface area contributed by atoms with Gasteiger partial charge in [-0.3, -0.25) is 9.48 Å². The third kappa shape index (κ3) is 2.44. The standard InChI is InChI=1S/C14H18N4O3/c1-9-4-5-12(21-9)14(19)18-6-10(8-20-3)13-11(7-18)15-16-17(13)2/h4-5,10H,6-8H2,1-3H3/t10-/m1/s1. The Bertz CT molecular complexity index is 661. The molecule has 0 aromatic carbocycles. The Kier molecular flexibility index (Phi) is 3.50. The van der Waals surface area contributed by atoms with Crippen LogP contribution in [-0.4, -0.2) is 46.1 Å². The molecule has 112 valence electrons. The molecule has 3 rings (SSSR count). The van der Waals surface area contributed by atoms with E-state index < -0.39 is 0 Å². The van der Waals surface area contributed by atoms with Gasteiger partial charge in [-0.1, -0.05) is 5.21 Å². The molecule has 3 heterocycles. The molecule has 0 fully saturated rings. The Morgan fingerprint density at radius 2 is 2.33 bits per heavy atom. The summed E-state index contributed by atoms with van der Waals surface area (Å²) in [7, 11) is 3.52. The molecule has 1 amide bonds. The molecule has 2 aromatic heterocycles. The fourth-order valence-corrected chi connectivity index (χ4v) is 2.81. The number of aromatic nitrogens is 3. The quantitative estimate of drug-likeness (QED) is 0.846. The molecule has 1 atom stereocenters. The van der Waals surface area contributed by atoms with E-state index in [1.54, 1.807) is 28.8 Å². The summed E-state index contributed by atoms with van der Waals surface area (Å²) in [4.78, 5) is 14.3. The van der Waals surface area contributed by atoms with Crippen LogP contribution < -0.4 is 0 Å². The van der Waals surface area contributed by atoms with Crippen LogP contribution in [-0.2, 0) is 18.3 Å². The van der Waals surface area contributed by atoms with Crippen LogP contribution in [0.1, 0.15) is 33.6 Å². The van der Waals surface area contributed by atoms with Gasteiger partial charge in [-0.25, -0.2) is 0 Å². The highest BCUT2D eigenvalue weighted by atomic mass is 16.5. The first-order valence-electron chi connectivity index (χ1n) is 6.83. The second-order valence-electron chi connectivity index (χ2n) is 5.29. The van der Waals surface area contributed by atoms with Crippen molar-refractivity contribution in [2.24, 2.45) is 7.05 Å². The van der Waals surface area contributed by atoms with Gasteiger partial charge in [0.25, 0.3) is 5.91 Å². The molecule has 0 aliphatic carbocycles. The van der Waals surface area contributed by atoms with E-state index >= 15 is 0 Å². The normalized spacial score (nSPS) is 17.9. The summed E-state index contributed by atoms with van der Waals surface area (Å²) in [6.45, 7) is 3.36. The first-order chi connectivity index (χ1) is 10.1. The highest BCUT2D eigenvalue weighted by molar-refractivity contribution is 5.91. The van der Waals surface area contributed by atoms with Crippen molar-refractivity contribution in [1.29, 1.82) is 0 Å². The zero-order valence-corrected chi connectivity index (χ0v) is 12.4. The Labute approximate surface area is 122 Å². The van der Waals surface area contributed by atoms with Crippen molar-refractivity contribution in [2.75, 3.05) is 20.3 Å². The number of hydrogen-bond donors (Lipinski definition) is 0. The van der Waals surface area contributed by atoms with Crippen molar-refractivity contribution < 1.29 is 13.9 Å². The van der Waals surface area contributed by atoms with Gasteiger partial charge < -0.3 is 14.1 Å². The predicted molar refractivity (Wildman–Crippen MR) is 73.8 cm³/mol. The molecule has 0 radical (unpaired) electrons. The van der Waals surface area contributed by atoms with Crippen molar-refractivity contribution >= 4 is 5.91 Å². The van der Waals surface area contributed by atoms with Gasteiger partial charge in [-0.2, -0.15) is 0 Å². The SMILES string of the molecule is COC[C@H]1CN(C(=O)c2ccc(C)o2)Cc2nnn(C)c21. The summed E-state index contributed by atoms with van der Waals surface area (Å²) in [6.07, 6.45) is 0.